The number of nitrogens with zero attached hydrogens (tertiary/aromatic N) is 2. The molecule has 5 N–H and O–H groups in total. The van der Waals surface area contributed by atoms with Gasteiger partial charge in [0.1, 0.15) is 37.1 Å². The van der Waals surface area contributed by atoms with E-state index >= 15 is 0 Å². The Hall–Kier alpha value is -3.02. The molecule has 1 amide bonds. The third-order valence-electron chi connectivity index (χ3n) is 4.05. The summed E-state index contributed by atoms with van der Waals surface area (Å²) in [6, 6.07) is 4.84. The van der Waals surface area contributed by atoms with Crippen LogP contribution in [0.15, 0.2) is 30.6 Å². The van der Waals surface area contributed by atoms with E-state index in [0.29, 0.717) is 0 Å². The smallest absolute Gasteiger partial charge is 0.338 e. The van der Waals surface area contributed by atoms with Gasteiger partial charge in [-0.25, -0.2) is 14.2 Å². The molecule has 0 radical (unpaired) electrons. The van der Waals surface area contributed by atoms with Crippen molar-refractivity contribution >= 4 is 11.9 Å². The van der Waals surface area contributed by atoms with Gasteiger partial charge in [-0.1, -0.05) is 6.07 Å². The molecule has 1 saturated heterocycles. The molecule has 4 atom stereocenters. The average molecular weight is 381 g/mol. The molecule has 144 valence electrons. The maximum atomic E-state index is 13.1. The number of benzene rings is 1. The van der Waals surface area contributed by atoms with Crippen molar-refractivity contribution < 1.29 is 38.8 Å². The third kappa shape index (κ3) is 3.60. The Bertz CT molecular complexity index is 871. The number of esters is 1. The first-order valence-corrected chi connectivity index (χ1v) is 7.79. The van der Waals surface area contributed by atoms with Crippen molar-refractivity contribution in [2.24, 2.45) is 5.73 Å². The fourth-order valence-electron chi connectivity index (χ4n) is 2.67. The topological polar surface area (TPSA) is 157 Å². The molecule has 0 spiro atoms. The van der Waals surface area contributed by atoms with E-state index in [1.54, 1.807) is 0 Å². The van der Waals surface area contributed by atoms with Crippen molar-refractivity contribution in [3.8, 4) is 5.88 Å². The van der Waals surface area contributed by atoms with Crippen LogP contribution in [0, 0.1) is 5.82 Å². The zero-order valence-electron chi connectivity index (χ0n) is 13.7. The highest BCUT2D eigenvalue weighted by molar-refractivity contribution is 5.93. The number of rotatable bonds is 5. The van der Waals surface area contributed by atoms with Crippen LogP contribution in [0.5, 0.6) is 5.88 Å². The van der Waals surface area contributed by atoms with Gasteiger partial charge in [-0.2, -0.15) is 0 Å². The van der Waals surface area contributed by atoms with Crippen LogP contribution in [0.1, 0.15) is 27.1 Å². The Balaban J connectivity index is 1.68. The maximum Gasteiger partial charge on any atom is 0.338 e. The van der Waals surface area contributed by atoms with Gasteiger partial charge in [0, 0.05) is 0 Å². The van der Waals surface area contributed by atoms with Gasteiger partial charge in [0.15, 0.2) is 11.9 Å². The fourth-order valence-corrected chi connectivity index (χ4v) is 2.67. The lowest BCUT2D eigenvalue weighted by Gasteiger charge is -2.16. The minimum absolute atomic E-state index is 0.0297. The summed E-state index contributed by atoms with van der Waals surface area (Å²) in [5.41, 5.74) is 4.59. The first-order chi connectivity index (χ1) is 12.8. The summed E-state index contributed by atoms with van der Waals surface area (Å²) in [4.78, 5) is 26.7. The van der Waals surface area contributed by atoms with Gasteiger partial charge in [-0.05, 0) is 18.2 Å². The number of carbonyl (C=O) groups is 2. The van der Waals surface area contributed by atoms with Crippen LogP contribution in [0.4, 0.5) is 4.39 Å². The Kier molecular flexibility index (Phi) is 5.08. The van der Waals surface area contributed by atoms with Gasteiger partial charge in [0.05, 0.1) is 5.56 Å². The van der Waals surface area contributed by atoms with Gasteiger partial charge < -0.3 is 30.5 Å². The Morgan fingerprint density at radius 1 is 1.33 bits per heavy atom. The normalized spacial score (nSPS) is 24.7. The molecule has 3 rings (SSSR count). The van der Waals surface area contributed by atoms with E-state index in [1.165, 1.54) is 18.2 Å². The first-order valence-electron chi connectivity index (χ1n) is 7.79. The number of imidazole rings is 1. The zero-order chi connectivity index (χ0) is 19.7. The molecule has 10 nitrogen and oxygen atoms in total. The second kappa shape index (κ2) is 7.31. The van der Waals surface area contributed by atoms with E-state index in [4.69, 9.17) is 15.2 Å². The van der Waals surface area contributed by atoms with Gasteiger partial charge in [0.25, 0.3) is 5.91 Å². The van der Waals surface area contributed by atoms with Crippen molar-refractivity contribution in [3.05, 3.63) is 47.7 Å². The molecule has 1 aromatic heterocycles. The van der Waals surface area contributed by atoms with Crippen LogP contribution in [0.25, 0.3) is 0 Å². The Morgan fingerprint density at radius 3 is 2.70 bits per heavy atom. The molecule has 1 aliphatic rings. The minimum atomic E-state index is -1.51. The Labute approximate surface area is 151 Å². The molecule has 1 aromatic carbocycles. The summed E-state index contributed by atoms with van der Waals surface area (Å²) in [7, 11) is 0. The van der Waals surface area contributed by atoms with E-state index in [9.17, 15) is 29.3 Å². The number of nitrogens with two attached hydrogens (primary N) is 1. The number of ether oxygens (including phenoxy) is 2. The molecule has 1 aliphatic heterocycles. The van der Waals surface area contributed by atoms with Crippen LogP contribution in [0.2, 0.25) is 0 Å². The van der Waals surface area contributed by atoms with Crippen LogP contribution in [-0.4, -0.2) is 61.7 Å². The number of halogens is 1. The van der Waals surface area contributed by atoms with E-state index in [1.807, 2.05) is 0 Å². The summed E-state index contributed by atoms with van der Waals surface area (Å²) in [5.74, 6) is -3.08. The standard InChI is InChI=1S/C16H16FN3O7/c17-8-3-1-2-7(4-8)16(25)26-5-9-11(21)12(22)15(27-9)20-6-19-10(13(18)23)14(20)24/h1-4,6,9,11-12,15,21-22,24H,5H2,(H2,18,23). The summed E-state index contributed by atoms with van der Waals surface area (Å²) >= 11 is 0. The molecule has 1 fully saturated rings. The maximum absolute atomic E-state index is 13.1. The molecule has 4 unspecified atom stereocenters. The molecular formula is C16H16FN3O7. The number of amides is 1. The van der Waals surface area contributed by atoms with Crippen molar-refractivity contribution in [3.63, 3.8) is 0 Å². The second-order valence-electron chi connectivity index (χ2n) is 5.84. The number of hydrogen-bond donors (Lipinski definition) is 4. The number of carbonyl (C=O) groups excluding carboxylic acids is 2. The molecular weight excluding hydrogens is 365 g/mol. The molecule has 0 aliphatic carbocycles. The van der Waals surface area contributed by atoms with Crippen molar-refractivity contribution in [2.75, 3.05) is 6.61 Å². The quantitative estimate of drug-likeness (QED) is 0.495. The lowest BCUT2D eigenvalue weighted by molar-refractivity contribution is -0.0601. The molecule has 27 heavy (non-hydrogen) atoms. The monoisotopic (exact) mass is 381 g/mol. The highest BCUT2D eigenvalue weighted by Gasteiger charge is 2.45. The highest BCUT2D eigenvalue weighted by atomic mass is 19.1. The van der Waals surface area contributed by atoms with Gasteiger partial charge >= 0.3 is 5.97 Å². The SMILES string of the molecule is NC(=O)c1ncn(C2OC(COC(=O)c3cccc(F)c3)C(O)C2O)c1O. The number of hydrogen-bond acceptors (Lipinski definition) is 8. The van der Waals surface area contributed by atoms with Crippen molar-refractivity contribution in [1.29, 1.82) is 0 Å². The predicted octanol–water partition coefficient (Wildman–Crippen LogP) is -0.697. The van der Waals surface area contributed by atoms with E-state index < -0.39 is 60.4 Å². The van der Waals surface area contributed by atoms with E-state index in [2.05, 4.69) is 4.98 Å². The van der Waals surface area contributed by atoms with Crippen molar-refractivity contribution in [1.82, 2.24) is 9.55 Å². The fraction of sp³-hybridized carbons (Fsp3) is 0.312. The highest BCUT2D eigenvalue weighted by Crippen LogP contribution is 2.33. The van der Waals surface area contributed by atoms with Crippen LogP contribution >= 0.6 is 0 Å². The van der Waals surface area contributed by atoms with Crippen LogP contribution in [0.3, 0.4) is 0 Å². The third-order valence-corrected chi connectivity index (χ3v) is 4.05. The van der Waals surface area contributed by atoms with Crippen LogP contribution in [-0.2, 0) is 9.47 Å². The summed E-state index contributed by atoms with van der Waals surface area (Å²) in [5, 5.41) is 30.2. The van der Waals surface area contributed by atoms with Gasteiger partial charge in [-0.15, -0.1) is 0 Å². The number of primary amides is 1. The largest absolute Gasteiger partial charge is 0.493 e. The minimum Gasteiger partial charge on any atom is -0.493 e. The van der Waals surface area contributed by atoms with Crippen LogP contribution < -0.4 is 5.73 Å². The molecule has 2 aromatic rings. The summed E-state index contributed by atoms with van der Waals surface area (Å²) < 4.78 is 24.5. The lowest BCUT2D eigenvalue weighted by Crippen LogP contribution is -2.34. The molecule has 0 saturated carbocycles. The van der Waals surface area contributed by atoms with Crippen molar-refractivity contribution in [2.45, 2.75) is 24.5 Å². The second-order valence-corrected chi connectivity index (χ2v) is 5.84. The molecule has 11 heteroatoms. The number of aromatic hydroxyl groups is 1. The molecule has 2 heterocycles. The Morgan fingerprint density at radius 2 is 2.07 bits per heavy atom. The molecule has 0 bridgehead atoms. The first kappa shape index (κ1) is 18.8. The van der Waals surface area contributed by atoms with E-state index in [0.717, 1.165) is 17.0 Å². The average Bonchev–Trinajstić information content (AvgIpc) is 3.14. The number of aliphatic hydroxyl groups excluding tert-OH is 2. The number of aromatic nitrogens is 2. The summed E-state index contributed by atoms with van der Waals surface area (Å²) in [6.07, 6.45) is -4.39. The van der Waals surface area contributed by atoms with E-state index in [-0.39, 0.29) is 5.56 Å². The lowest BCUT2D eigenvalue weighted by atomic mass is 10.1. The number of aliphatic hydroxyl groups is 2. The predicted molar refractivity (Wildman–Crippen MR) is 85.0 cm³/mol. The van der Waals surface area contributed by atoms with Gasteiger partial charge in [-0.3, -0.25) is 9.36 Å². The zero-order valence-corrected chi connectivity index (χ0v) is 13.7. The summed E-state index contributed by atoms with van der Waals surface area (Å²) in [6.45, 7) is -0.442. The van der Waals surface area contributed by atoms with Gasteiger partial charge in [0.2, 0.25) is 5.88 Å².